The van der Waals surface area contributed by atoms with E-state index in [0.717, 1.165) is 4.88 Å². The van der Waals surface area contributed by atoms with E-state index in [1.54, 1.807) is 11.7 Å². The van der Waals surface area contributed by atoms with Crippen LogP contribution in [0.4, 0.5) is 0 Å². The number of thiazole rings is 1. The molecule has 0 spiro atoms. The van der Waals surface area contributed by atoms with Crippen LogP contribution in [0.5, 0.6) is 0 Å². The number of aromatic nitrogens is 1. The van der Waals surface area contributed by atoms with Crippen molar-refractivity contribution in [2.75, 3.05) is 0 Å². The Balaban J connectivity index is 2.93. The molecule has 1 rings (SSSR count). The SMILES string of the molecule is CC(C)(C)N=C(NN)c1cncs1. The van der Waals surface area contributed by atoms with Crippen molar-refractivity contribution in [3.8, 4) is 0 Å². The van der Waals surface area contributed by atoms with Crippen LogP contribution in [0.25, 0.3) is 0 Å². The van der Waals surface area contributed by atoms with Gasteiger partial charge in [-0.25, -0.2) is 5.84 Å². The van der Waals surface area contributed by atoms with Gasteiger partial charge in [-0.1, -0.05) is 0 Å². The van der Waals surface area contributed by atoms with Gasteiger partial charge in [-0.2, -0.15) is 0 Å². The van der Waals surface area contributed by atoms with Crippen LogP contribution < -0.4 is 11.3 Å². The highest BCUT2D eigenvalue weighted by Gasteiger charge is 2.11. The van der Waals surface area contributed by atoms with Gasteiger partial charge in [0.05, 0.1) is 15.9 Å². The lowest BCUT2D eigenvalue weighted by Crippen LogP contribution is -2.33. The third-order valence-electron chi connectivity index (χ3n) is 1.25. The van der Waals surface area contributed by atoms with E-state index in [4.69, 9.17) is 5.84 Å². The average molecular weight is 198 g/mol. The zero-order valence-electron chi connectivity index (χ0n) is 8.03. The molecule has 5 heteroatoms. The van der Waals surface area contributed by atoms with Crippen LogP contribution in [0.1, 0.15) is 25.6 Å². The van der Waals surface area contributed by atoms with Crippen molar-refractivity contribution >= 4 is 17.2 Å². The van der Waals surface area contributed by atoms with E-state index in [0.29, 0.717) is 5.84 Å². The molecular weight excluding hydrogens is 184 g/mol. The standard InChI is InChI=1S/C8H14N4S/c1-8(2,3)11-7(12-9)6-4-10-5-13-6/h4-5H,9H2,1-3H3,(H,11,12). The first-order chi connectivity index (χ1) is 6.03. The quantitative estimate of drug-likeness (QED) is 0.308. The van der Waals surface area contributed by atoms with E-state index in [-0.39, 0.29) is 5.54 Å². The topological polar surface area (TPSA) is 63.3 Å². The Kier molecular flexibility index (Phi) is 3.00. The Bertz CT molecular complexity index is 284. The molecule has 0 aliphatic carbocycles. The van der Waals surface area contributed by atoms with E-state index >= 15 is 0 Å². The van der Waals surface area contributed by atoms with Crippen molar-refractivity contribution in [2.45, 2.75) is 26.3 Å². The summed E-state index contributed by atoms with van der Waals surface area (Å²) in [7, 11) is 0. The molecule has 0 radical (unpaired) electrons. The van der Waals surface area contributed by atoms with Gasteiger partial charge < -0.3 is 5.43 Å². The van der Waals surface area contributed by atoms with Gasteiger partial charge in [-0.3, -0.25) is 9.98 Å². The molecule has 0 aliphatic rings. The fraction of sp³-hybridized carbons (Fsp3) is 0.500. The normalized spacial score (nSPS) is 13.1. The molecule has 1 aromatic rings. The van der Waals surface area contributed by atoms with Gasteiger partial charge in [0.2, 0.25) is 0 Å². The van der Waals surface area contributed by atoms with Crippen LogP contribution in [-0.2, 0) is 0 Å². The molecule has 0 bridgehead atoms. The van der Waals surface area contributed by atoms with E-state index in [1.165, 1.54) is 11.3 Å². The van der Waals surface area contributed by atoms with Gasteiger partial charge in [0.15, 0.2) is 5.84 Å². The van der Waals surface area contributed by atoms with Gasteiger partial charge in [0, 0.05) is 6.20 Å². The number of hydrazine groups is 1. The molecule has 1 aromatic heterocycles. The number of amidine groups is 1. The summed E-state index contributed by atoms with van der Waals surface area (Å²) in [6, 6.07) is 0. The molecule has 0 saturated carbocycles. The van der Waals surface area contributed by atoms with Gasteiger partial charge in [0.1, 0.15) is 0 Å². The number of aliphatic imine (C=N–C) groups is 1. The molecule has 0 fully saturated rings. The second-order valence-corrected chi connectivity index (χ2v) is 4.53. The number of nitrogens with two attached hydrogens (primary N) is 1. The van der Waals surface area contributed by atoms with Crippen LogP contribution in [0.2, 0.25) is 0 Å². The molecule has 13 heavy (non-hydrogen) atoms. The Morgan fingerprint density at radius 3 is 2.69 bits per heavy atom. The molecule has 3 N–H and O–H groups in total. The number of rotatable bonds is 1. The summed E-state index contributed by atoms with van der Waals surface area (Å²) >= 11 is 1.51. The number of hydrogen-bond donors (Lipinski definition) is 2. The zero-order valence-corrected chi connectivity index (χ0v) is 8.85. The summed E-state index contributed by atoms with van der Waals surface area (Å²) < 4.78 is 0. The first kappa shape index (κ1) is 10.1. The maximum Gasteiger partial charge on any atom is 0.154 e. The molecule has 0 atom stereocenters. The van der Waals surface area contributed by atoms with Crippen molar-refractivity contribution in [2.24, 2.45) is 10.8 Å². The number of nitrogens with one attached hydrogen (secondary N) is 1. The predicted molar refractivity (Wildman–Crippen MR) is 55.7 cm³/mol. The van der Waals surface area contributed by atoms with Crippen LogP contribution >= 0.6 is 11.3 Å². The maximum atomic E-state index is 5.37. The van der Waals surface area contributed by atoms with Gasteiger partial charge in [-0.05, 0) is 20.8 Å². The smallest absolute Gasteiger partial charge is 0.154 e. The molecule has 0 aliphatic heterocycles. The summed E-state index contributed by atoms with van der Waals surface area (Å²) in [5, 5.41) is 0. The van der Waals surface area contributed by atoms with E-state index in [1.807, 2.05) is 20.8 Å². The molecule has 0 aromatic carbocycles. The monoisotopic (exact) mass is 198 g/mol. The first-order valence-electron chi connectivity index (χ1n) is 3.98. The summed E-state index contributed by atoms with van der Waals surface area (Å²) in [6.07, 6.45) is 1.75. The lowest BCUT2D eigenvalue weighted by molar-refractivity contribution is 0.580. The Morgan fingerprint density at radius 2 is 2.31 bits per heavy atom. The predicted octanol–water partition coefficient (Wildman–Crippen LogP) is 1.15. The first-order valence-corrected chi connectivity index (χ1v) is 4.86. The average Bonchev–Trinajstić information content (AvgIpc) is 2.50. The maximum absolute atomic E-state index is 5.37. The lowest BCUT2D eigenvalue weighted by atomic mass is 10.1. The summed E-state index contributed by atoms with van der Waals surface area (Å²) in [5.41, 5.74) is 4.20. The minimum atomic E-state index is -0.133. The Labute approximate surface area is 81.9 Å². The third kappa shape index (κ3) is 3.12. The van der Waals surface area contributed by atoms with Gasteiger partial charge >= 0.3 is 0 Å². The molecule has 72 valence electrons. The van der Waals surface area contributed by atoms with Gasteiger partial charge in [-0.15, -0.1) is 11.3 Å². The summed E-state index contributed by atoms with van der Waals surface area (Å²) in [6.45, 7) is 6.06. The summed E-state index contributed by atoms with van der Waals surface area (Å²) in [5.74, 6) is 6.06. The Morgan fingerprint density at radius 1 is 1.62 bits per heavy atom. The van der Waals surface area contributed by atoms with Gasteiger partial charge in [0.25, 0.3) is 0 Å². The van der Waals surface area contributed by atoms with Crippen molar-refractivity contribution in [1.82, 2.24) is 10.4 Å². The largest absolute Gasteiger partial charge is 0.308 e. The van der Waals surface area contributed by atoms with Crippen LogP contribution in [-0.4, -0.2) is 16.4 Å². The molecular formula is C8H14N4S. The van der Waals surface area contributed by atoms with Crippen molar-refractivity contribution in [3.63, 3.8) is 0 Å². The summed E-state index contributed by atoms with van der Waals surface area (Å²) in [4.78, 5) is 9.34. The van der Waals surface area contributed by atoms with E-state index in [9.17, 15) is 0 Å². The van der Waals surface area contributed by atoms with Crippen LogP contribution in [0.15, 0.2) is 16.7 Å². The minimum absolute atomic E-state index is 0.133. The highest BCUT2D eigenvalue weighted by Crippen LogP contribution is 2.11. The van der Waals surface area contributed by atoms with Crippen LogP contribution in [0.3, 0.4) is 0 Å². The molecule has 1 heterocycles. The zero-order chi connectivity index (χ0) is 9.90. The molecule has 0 saturated heterocycles. The second kappa shape index (κ2) is 3.85. The highest BCUT2D eigenvalue weighted by atomic mass is 32.1. The lowest BCUT2D eigenvalue weighted by Gasteiger charge is -2.14. The number of hydrogen-bond acceptors (Lipinski definition) is 4. The van der Waals surface area contributed by atoms with Crippen molar-refractivity contribution < 1.29 is 0 Å². The number of nitrogens with zero attached hydrogens (tertiary/aromatic N) is 2. The molecule has 0 unspecified atom stereocenters. The minimum Gasteiger partial charge on any atom is -0.308 e. The van der Waals surface area contributed by atoms with E-state index < -0.39 is 0 Å². The third-order valence-corrected chi connectivity index (χ3v) is 2.03. The Hall–Kier alpha value is -0.940. The fourth-order valence-corrected chi connectivity index (χ4v) is 1.40. The van der Waals surface area contributed by atoms with E-state index in [2.05, 4.69) is 15.4 Å². The van der Waals surface area contributed by atoms with Crippen molar-refractivity contribution in [1.29, 1.82) is 0 Å². The highest BCUT2D eigenvalue weighted by molar-refractivity contribution is 7.11. The fourth-order valence-electron chi connectivity index (χ4n) is 0.827. The second-order valence-electron chi connectivity index (χ2n) is 3.64. The molecule has 0 amide bonds. The van der Waals surface area contributed by atoms with Crippen LogP contribution in [0, 0.1) is 0 Å². The molecule has 4 nitrogen and oxygen atoms in total. The van der Waals surface area contributed by atoms with Crippen molar-refractivity contribution in [3.05, 3.63) is 16.6 Å².